The molecule has 2 aromatic rings. The third kappa shape index (κ3) is 2.41. The van der Waals surface area contributed by atoms with Gasteiger partial charge in [-0.2, -0.15) is 0 Å². The van der Waals surface area contributed by atoms with Crippen LogP contribution in [0, 0.1) is 5.92 Å². The Kier molecular flexibility index (Phi) is 3.73. The minimum Gasteiger partial charge on any atom is -0.396 e. The van der Waals surface area contributed by atoms with Gasteiger partial charge in [0.1, 0.15) is 11.8 Å². The van der Waals surface area contributed by atoms with Gasteiger partial charge in [-0.1, -0.05) is 0 Å². The molecule has 0 aliphatic heterocycles. The van der Waals surface area contributed by atoms with Gasteiger partial charge in [-0.25, -0.2) is 15.0 Å². The van der Waals surface area contributed by atoms with E-state index in [1.54, 1.807) is 6.33 Å². The maximum atomic E-state index is 9.23. The summed E-state index contributed by atoms with van der Waals surface area (Å²) >= 11 is 0. The molecule has 2 aromatic heterocycles. The Balaban J connectivity index is 2.15. The molecule has 0 radical (unpaired) electrons. The minimum atomic E-state index is -0.0375. The monoisotopic (exact) mass is 250 g/mol. The van der Waals surface area contributed by atoms with Crippen LogP contribution in [0.2, 0.25) is 0 Å². The van der Waals surface area contributed by atoms with Crippen LogP contribution in [0.3, 0.4) is 0 Å². The van der Waals surface area contributed by atoms with E-state index in [0.717, 1.165) is 6.42 Å². The van der Waals surface area contributed by atoms with Gasteiger partial charge in [0.15, 0.2) is 11.5 Å². The number of rotatable bonds is 5. The Morgan fingerprint density at radius 3 is 2.83 bits per heavy atom. The normalized spacial score (nSPS) is 14.8. The van der Waals surface area contributed by atoms with Crippen molar-refractivity contribution in [3.05, 3.63) is 12.7 Å². The van der Waals surface area contributed by atoms with Gasteiger partial charge in [0.25, 0.3) is 0 Å². The van der Waals surface area contributed by atoms with Crippen LogP contribution in [0.4, 0.5) is 5.82 Å². The predicted molar refractivity (Wildman–Crippen MR) is 68.6 cm³/mol. The predicted octanol–water partition coefficient (Wildman–Crippen LogP) is -0.246. The van der Waals surface area contributed by atoms with Crippen molar-refractivity contribution in [3.8, 4) is 0 Å². The van der Waals surface area contributed by atoms with E-state index in [9.17, 15) is 5.11 Å². The standard InChI is InChI=1S/C11H18N6O/c1-7(12)8(4-18)2-3-17-6-16-9-10(13)14-5-15-11(9)17/h5-8,18H,2-4,12H2,1H3,(H2,13,14,15). The Morgan fingerprint density at radius 1 is 1.39 bits per heavy atom. The highest BCUT2D eigenvalue weighted by Crippen LogP contribution is 2.16. The third-order valence-corrected chi connectivity index (χ3v) is 3.15. The van der Waals surface area contributed by atoms with E-state index >= 15 is 0 Å². The highest BCUT2D eigenvalue weighted by molar-refractivity contribution is 5.80. The summed E-state index contributed by atoms with van der Waals surface area (Å²) in [5.41, 5.74) is 12.8. The Labute approximate surface area is 105 Å². The number of aromatic nitrogens is 4. The first-order valence-corrected chi connectivity index (χ1v) is 5.91. The summed E-state index contributed by atoms with van der Waals surface area (Å²) in [6, 6.07) is -0.0375. The van der Waals surface area contributed by atoms with Crippen LogP contribution >= 0.6 is 0 Å². The van der Waals surface area contributed by atoms with Crippen molar-refractivity contribution in [1.29, 1.82) is 0 Å². The van der Waals surface area contributed by atoms with Gasteiger partial charge in [-0.05, 0) is 19.3 Å². The quantitative estimate of drug-likeness (QED) is 0.674. The van der Waals surface area contributed by atoms with Gasteiger partial charge in [0.05, 0.1) is 6.33 Å². The number of nitrogens with two attached hydrogens (primary N) is 2. The summed E-state index contributed by atoms with van der Waals surface area (Å²) < 4.78 is 1.90. The van der Waals surface area contributed by atoms with E-state index in [2.05, 4.69) is 15.0 Å². The molecule has 7 heteroatoms. The van der Waals surface area contributed by atoms with Crippen molar-refractivity contribution < 1.29 is 5.11 Å². The summed E-state index contributed by atoms with van der Waals surface area (Å²) in [5.74, 6) is 0.450. The average Bonchev–Trinajstić information content (AvgIpc) is 2.74. The van der Waals surface area contributed by atoms with E-state index in [4.69, 9.17) is 11.5 Å². The second-order valence-electron chi connectivity index (χ2n) is 4.46. The highest BCUT2D eigenvalue weighted by atomic mass is 16.3. The largest absolute Gasteiger partial charge is 0.396 e. The lowest BCUT2D eigenvalue weighted by Gasteiger charge is -2.18. The fraction of sp³-hybridized carbons (Fsp3) is 0.545. The van der Waals surface area contributed by atoms with Crippen LogP contribution in [0.15, 0.2) is 12.7 Å². The van der Waals surface area contributed by atoms with Crippen LogP contribution < -0.4 is 11.5 Å². The summed E-state index contributed by atoms with van der Waals surface area (Å²) in [4.78, 5) is 12.2. The van der Waals surface area contributed by atoms with Crippen LogP contribution in [-0.4, -0.2) is 37.3 Å². The first-order chi connectivity index (χ1) is 8.63. The van der Waals surface area contributed by atoms with Gasteiger partial charge < -0.3 is 21.1 Å². The first-order valence-electron chi connectivity index (χ1n) is 5.91. The molecule has 0 spiro atoms. The molecule has 98 valence electrons. The average molecular weight is 250 g/mol. The first kappa shape index (κ1) is 12.7. The van der Waals surface area contributed by atoms with Crippen molar-refractivity contribution >= 4 is 17.0 Å². The molecule has 0 aromatic carbocycles. The van der Waals surface area contributed by atoms with Crippen LogP contribution in [0.5, 0.6) is 0 Å². The molecule has 2 unspecified atom stereocenters. The second-order valence-corrected chi connectivity index (χ2v) is 4.46. The van der Waals surface area contributed by atoms with Gasteiger partial charge in [0, 0.05) is 19.2 Å². The maximum absolute atomic E-state index is 9.23. The Morgan fingerprint density at radius 2 is 2.17 bits per heavy atom. The molecule has 18 heavy (non-hydrogen) atoms. The number of aryl methyl sites for hydroxylation is 1. The van der Waals surface area contributed by atoms with Crippen molar-refractivity contribution in [2.75, 3.05) is 12.3 Å². The van der Waals surface area contributed by atoms with Gasteiger partial charge in [-0.3, -0.25) is 0 Å². The van der Waals surface area contributed by atoms with Crippen molar-refractivity contribution in [3.63, 3.8) is 0 Å². The molecule has 0 saturated heterocycles. The molecule has 2 atom stereocenters. The van der Waals surface area contributed by atoms with E-state index < -0.39 is 0 Å². The molecular formula is C11H18N6O. The fourth-order valence-electron chi connectivity index (χ4n) is 1.89. The molecule has 0 aliphatic carbocycles. The smallest absolute Gasteiger partial charge is 0.165 e. The van der Waals surface area contributed by atoms with Gasteiger partial charge >= 0.3 is 0 Å². The molecule has 2 heterocycles. The van der Waals surface area contributed by atoms with Crippen LogP contribution in [0.1, 0.15) is 13.3 Å². The number of nitrogens with zero attached hydrogens (tertiary/aromatic N) is 4. The van der Waals surface area contributed by atoms with Crippen molar-refractivity contribution in [2.24, 2.45) is 11.7 Å². The van der Waals surface area contributed by atoms with Crippen molar-refractivity contribution in [1.82, 2.24) is 19.5 Å². The summed E-state index contributed by atoms with van der Waals surface area (Å²) in [6.45, 7) is 2.67. The van der Waals surface area contributed by atoms with E-state index in [0.29, 0.717) is 23.5 Å². The number of aliphatic hydroxyl groups excluding tert-OH is 1. The number of fused-ring (bicyclic) bond motifs is 1. The summed E-state index contributed by atoms with van der Waals surface area (Å²) in [5, 5.41) is 9.23. The van der Waals surface area contributed by atoms with Gasteiger partial charge in [0.2, 0.25) is 0 Å². The summed E-state index contributed by atoms with van der Waals surface area (Å²) in [6.07, 6.45) is 3.87. The molecule has 0 fully saturated rings. The molecule has 0 bridgehead atoms. The van der Waals surface area contributed by atoms with Crippen molar-refractivity contribution in [2.45, 2.75) is 25.9 Å². The fourth-order valence-corrected chi connectivity index (χ4v) is 1.89. The highest BCUT2D eigenvalue weighted by Gasteiger charge is 2.14. The molecule has 7 nitrogen and oxygen atoms in total. The van der Waals surface area contributed by atoms with Crippen LogP contribution in [0.25, 0.3) is 11.2 Å². The molecule has 0 saturated carbocycles. The zero-order chi connectivity index (χ0) is 13.1. The number of nitrogen functional groups attached to an aromatic ring is 1. The van der Waals surface area contributed by atoms with E-state index in [1.165, 1.54) is 6.33 Å². The number of anilines is 1. The maximum Gasteiger partial charge on any atom is 0.165 e. The third-order valence-electron chi connectivity index (χ3n) is 3.15. The Hall–Kier alpha value is -1.73. The number of hydrogen-bond donors (Lipinski definition) is 3. The van der Waals surface area contributed by atoms with E-state index in [-0.39, 0.29) is 18.6 Å². The lowest BCUT2D eigenvalue weighted by atomic mass is 9.99. The molecule has 0 aliphatic rings. The number of hydrogen-bond acceptors (Lipinski definition) is 6. The second kappa shape index (κ2) is 5.28. The molecule has 2 rings (SSSR count). The lowest BCUT2D eigenvalue weighted by Crippen LogP contribution is -2.30. The molecule has 0 amide bonds. The lowest BCUT2D eigenvalue weighted by molar-refractivity contribution is 0.196. The number of aliphatic hydroxyl groups is 1. The minimum absolute atomic E-state index is 0.0375. The molecular weight excluding hydrogens is 232 g/mol. The summed E-state index contributed by atoms with van der Waals surface area (Å²) in [7, 11) is 0. The zero-order valence-corrected chi connectivity index (χ0v) is 10.3. The molecule has 5 N–H and O–H groups in total. The van der Waals surface area contributed by atoms with Gasteiger partial charge in [-0.15, -0.1) is 0 Å². The topological polar surface area (TPSA) is 116 Å². The van der Waals surface area contributed by atoms with E-state index in [1.807, 2.05) is 11.5 Å². The number of imidazole rings is 1. The van der Waals surface area contributed by atoms with Crippen LogP contribution in [-0.2, 0) is 6.54 Å². The zero-order valence-electron chi connectivity index (χ0n) is 10.3. The Bertz CT molecular complexity index is 523. The SMILES string of the molecule is CC(N)C(CO)CCn1cnc2c(N)ncnc21.